The third-order valence-corrected chi connectivity index (χ3v) is 1.27. The molecular formula is C9H17N3O3. The summed E-state index contributed by atoms with van der Waals surface area (Å²) >= 11 is 0. The van der Waals surface area contributed by atoms with Crippen molar-refractivity contribution in [3.05, 3.63) is 0 Å². The number of carbonyl (C=O) groups is 2. The van der Waals surface area contributed by atoms with Gasteiger partial charge in [-0.2, -0.15) is 5.10 Å². The minimum atomic E-state index is -0.815. The van der Waals surface area contributed by atoms with Crippen LogP contribution in [0.2, 0.25) is 0 Å². The predicted octanol–water partition coefficient (Wildman–Crippen LogP) is 0.762. The van der Waals surface area contributed by atoms with E-state index in [9.17, 15) is 9.59 Å². The van der Waals surface area contributed by atoms with Crippen LogP contribution in [0.5, 0.6) is 0 Å². The van der Waals surface area contributed by atoms with E-state index in [0.717, 1.165) is 0 Å². The number of hydrogen-bond donors (Lipinski definition) is 2. The van der Waals surface area contributed by atoms with Gasteiger partial charge in [0.15, 0.2) is 0 Å². The van der Waals surface area contributed by atoms with Crippen LogP contribution >= 0.6 is 0 Å². The van der Waals surface area contributed by atoms with Gasteiger partial charge in [-0.15, -0.1) is 0 Å². The van der Waals surface area contributed by atoms with Crippen LogP contribution in [-0.4, -0.2) is 23.3 Å². The van der Waals surface area contributed by atoms with Crippen LogP contribution in [0, 0.1) is 0 Å². The van der Waals surface area contributed by atoms with Crippen molar-refractivity contribution >= 4 is 17.7 Å². The summed E-state index contributed by atoms with van der Waals surface area (Å²) in [5, 5.41) is 3.54. The highest BCUT2D eigenvalue weighted by Gasteiger charge is 2.20. The van der Waals surface area contributed by atoms with E-state index in [1.54, 1.807) is 27.7 Å². The zero-order chi connectivity index (χ0) is 12.1. The summed E-state index contributed by atoms with van der Waals surface area (Å²) in [6, 6.07) is -0.815. The Kier molecular flexibility index (Phi) is 4.77. The zero-order valence-electron chi connectivity index (χ0n) is 9.46. The highest BCUT2D eigenvalue weighted by atomic mass is 16.6. The van der Waals surface area contributed by atoms with Crippen molar-refractivity contribution in [1.29, 1.82) is 0 Å². The van der Waals surface area contributed by atoms with Gasteiger partial charge in [-0.3, -0.25) is 0 Å². The lowest BCUT2D eigenvalue weighted by atomic mass is 10.2. The number of primary amides is 1. The molecule has 0 aliphatic heterocycles. The fourth-order valence-corrected chi connectivity index (χ4v) is 0.729. The topological polar surface area (TPSA) is 93.8 Å². The van der Waals surface area contributed by atoms with Crippen molar-refractivity contribution in [3.63, 3.8) is 0 Å². The third kappa shape index (κ3) is 6.48. The van der Waals surface area contributed by atoms with E-state index in [-0.39, 0.29) is 5.71 Å². The molecule has 0 saturated carbocycles. The van der Waals surface area contributed by atoms with E-state index < -0.39 is 17.6 Å². The first-order chi connectivity index (χ1) is 6.76. The number of amides is 2. The van der Waals surface area contributed by atoms with Gasteiger partial charge in [0.1, 0.15) is 11.3 Å². The van der Waals surface area contributed by atoms with Gasteiger partial charge in [0, 0.05) is 0 Å². The van der Waals surface area contributed by atoms with E-state index in [2.05, 4.69) is 5.10 Å². The van der Waals surface area contributed by atoms with E-state index in [4.69, 9.17) is 10.5 Å². The SMILES string of the molecule is CCC(=NNC(N)=O)C(=O)OC(C)(C)C. The molecule has 0 aromatic heterocycles. The first kappa shape index (κ1) is 13.4. The minimum absolute atomic E-state index is 0.128. The molecule has 0 saturated heterocycles. The lowest BCUT2D eigenvalue weighted by Gasteiger charge is -2.19. The van der Waals surface area contributed by atoms with Crippen LogP contribution in [0.1, 0.15) is 34.1 Å². The molecule has 6 nitrogen and oxygen atoms in total. The summed E-state index contributed by atoms with van der Waals surface area (Å²) in [6.45, 7) is 6.98. The van der Waals surface area contributed by atoms with Crippen LogP contribution < -0.4 is 11.2 Å². The summed E-state index contributed by atoms with van der Waals surface area (Å²) in [5.74, 6) is -0.557. The van der Waals surface area contributed by atoms with Gasteiger partial charge in [-0.25, -0.2) is 15.0 Å². The molecule has 0 aliphatic carbocycles. The van der Waals surface area contributed by atoms with Gasteiger partial charge in [-0.05, 0) is 27.2 Å². The molecule has 0 unspecified atom stereocenters. The smallest absolute Gasteiger partial charge is 0.355 e. The summed E-state index contributed by atoms with van der Waals surface area (Å²) in [4.78, 5) is 21.8. The highest BCUT2D eigenvalue weighted by molar-refractivity contribution is 6.36. The Balaban J connectivity index is 4.48. The molecule has 0 fully saturated rings. The fourth-order valence-electron chi connectivity index (χ4n) is 0.729. The maximum absolute atomic E-state index is 11.5. The molecule has 0 heterocycles. The second-order valence-electron chi connectivity index (χ2n) is 3.89. The van der Waals surface area contributed by atoms with Gasteiger partial charge < -0.3 is 10.5 Å². The van der Waals surface area contributed by atoms with E-state index in [1.807, 2.05) is 5.43 Å². The summed E-state index contributed by atoms with van der Waals surface area (Å²) in [7, 11) is 0. The number of carbonyl (C=O) groups excluding carboxylic acids is 2. The number of nitrogens with two attached hydrogens (primary N) is 1. The number of hydrogen-bond acceptors (Lipinski definition) is 4. The van der Waals surface area contributed by atoms with Crippen LogP contribution in [0.3, 0.4) is 0 Å². The second-order valence-corrected chi connectivity index (χ2v) is 3.89. The maximum Gasteiger partial charge on any atom is 0.355 e. The van der Waals surface area contributed by atoms with E-state index in [0.29, 0.717) is 6.42 Å². The summed E-state index contributed by atoms with van der Waals surface area (Å²) < 4.78 is 5.06. The highest BCUT2D eigenvalue weighted by Crippen LogP contribution is 2.08. The van der Waals surface area contributed by atoms with Crippen molar-refractivity contribution in [3.8, 4) is 0 Å². The lowest BCUT2D eigenvalue weighted by molar-refractivity contribution is -0.146. The fraction of sp³-hybridized carbons (Fsp3) is 0.667. The zero-order valence-corrected chi connectivity index (χ0v) is 9.46. The molecule has 0 spiro atoms. The Hall–Kier alpha value is -1.59. The third-order valence-electron chi connectivity index (χ3n) is 1.27. The van der Waals surface area contributed by atoms with E-state index in [1.165, 1.54) is 0 Å². The first-order valence-electron chi connectivity index (χ1n) is 4.61. The normalized spacial score (nSPS) is 12.1. The monoisotopic (exact) mass is 215 g/mol. The Morgan fingerprint density at radius 1 is 1.40 bits per heavy atom. The molecule has 0 aromatic carbocycles. The van der Waals surface area contributed by atoms with Gasteiger partial charge in [-0.1, -0.05) is 6.92 Å². The Morgan fingerprint density at radius 2 is 1.93 bits per heavy atom. The molecule has 15 heavy (non-hydrogen) atoms. The van der Waals surface area contributed by atoms with Crippen molar-refractivity contribution in [2.24, 2.45) is 10.8 Å². The average molecular weight is 215 g/mol. The standard InChI is InChI=1S/C9H17N3O3/c1-5-6(11-12-8(10)14)7(13)15-9(2,3)4/h5H2,1-4H3,(H3,10,12,14). The summed E-state index contributed by atoms with van der Waals surface area (Å²) in [5.41, 5.74) is 6.35. The minimum Gasteiger partial charge on any atom is -0.455 e. The van der Waals surface area contributed by atoms with Gasteiger partial charge >= 0.3 is 12.0 Å². The average Bonchev–Trinajstić information content (AvgIpc) is 2.01. The quantitative estimate of drug-likeness (QED) is 0.413. The second kappa shape index (κ2) is 5.33. The number of urea groups is 1. The van der Waals surface area contributed by atoms with Gasteiger partial charge in [0.2, 0.25) is 0 Å². The van der Waals surface area contributed by atoms with Crippen molar-refractivity contribution in [1.82, 2.24) is 5.43 Å². The summed E-state index contributed by atoms with van der Waals surface area (Å²) in [6.07, 6.45) is 0.356. The van der Waals surface area contributed by atoms with Crippen LogP contribution in [0.25, 0.3) is 0 Å². The molecule has 2 amide bonds. The number of nitrogens with one attached hydrogen (secondary N) is 1. The first-order valence-corrected chi connectivity index (χ1v) is 4.61. The van der Waals surface area contributed by atoms with Crippen molar-refractivity contribution < 1.29 is 14.3 Å². The molecular weight excluding hydrogens is 198 g/mol. The Bertz CT molecular complexity index is 279. The number of rotatable bonds is 3. The van der Waals surface area contributed by atoms with Crippen LogP contribution in [0.4, 0.5) is 4.79 Å². The number of ether oxygens (including phenoxy) is 1. The maximum atomic E-state index is 11.5. The molecule has 3 N–H and O–H groups in total. The lowest BCUT2D eigenvalue weighted by Crippen LogP contribution is -2.32. The predicted molar refractivity (Wildman–Crippen MR) is 56.3 cm³/mol. The van der Waals surface area contributed by atoms with Crippen molar-refractivity contribution in [2.75, 3.05) is 0 Å². The van der Waals surface area contributed by atoms with Gasteiger partial charge in [0.25, 0.3) is 0 Å². The van der Waals surface area contributed by atoms with Crippen LogP contribution in [-0.2, 0) is 9.53 Å². The van der Waals surface area contributed by atoms with Crippen LogP contribution in [0.15, 0.2) is 5.10 Å². The molecule has 0 aliphatic rings. The Labute approximate surface area is 88.9 Å². The molecule has 0 radical (unpaired) electrons. The molecule has 86 valence electrons. The molecule has 0 aromatic rings. The molecule has 0 atom stereocenters. The molecule has 0 rings (SSSR count). The van der Waals surface area contributed by atoms with Gasteiger partial charge in [0.05, 0.1) is 0 Å². The largest absolute Gasteiger partial charge is 0.455 e. The molecule has 0 bridgehead atoms. The van der Waals surface area contributed by atoms with Crippen molar-refractivity contribution in [2.45, 2.75) is 39.7 Å². The van der Waals surface area contributed by atoms with E-state index >= 15 is 0 Å². The Morgan fingerprint density at radius 3 is 2.27 bits per heavy atom. The molecule has 6 heteroatoms. The number of esters is 1. The number of nitrogens with zero attached hydrogens (tertiary/aromatic N) is 1. The number of hydrazone groups is 1.